The van der Waals surface area contributed by atoms with Gasteiger partial charge in [0.15, 0.2) is 0 Å². The van der Waals surface area contributed by atoms with Gasteiger partial charge in [-0.05, 0) is 61.5 Å². The van der Waals surface area contributed by atoms with Crippen LogP contribution in [0.1, 0.15) is 12.5 Å². The number of nitrogens with zero attached hydrogens (tertiary/aromatic N) is 4. The molecule has 34 heavy (non-hydrogen) atoms. The molecule has 5 rings (SSSR count). The average Bonchev–Trinajstić information content (AvgIpc) is 2.89. The Hall–Kier alpha value is -4.07. The molecule has 0 amide bonds. The Morgan fingerprint density at radius 3 is 2.44 bits per heavy atom. The molecule has 174 valence electrons. The van der Waals surface area contributed by atoms with E-state index in [9.17, 15) is 4.79 Å². The van der Waals surface area contributed by atoms with Crippen molar-refractivity contribution in [2.24, 2.45) is 0 Å². The summed E-state index contributed by atoms with van der Waals surface area (Å²) in [7, 11) is 0. The first-order valence-corrected chi connectivity index (χ1v) is 11.6. The summed E-state index contributed by atoms with van der Waals surface area (Å²) in [6, 6.07) is 17.8. The van der Waals surface area contributed by atoms with Gasteiger partial charge in [-0.3, -0.25) is 4.79 Å². The number of nitrogens with one attached hydrogen (secondary N) is 2. The Kier molecular flexibility index (Phi) is 6.29. The summed E-state index contributed by atoms with van der Waals surface area (Å²) in [6.07, 6.45) is 3.56. The molecule has 1 saturated heterocycles. The third-order valence-corrected chi connectivity index (χ3v) is 6.03. The van der Waals surface area contributed by atoms with Crippen LogP contribution in [0.15, 0.2) is 71.8 Å². The topological polar surface area (TPSA) is 86.4 Å². The van der Waals surface area contributed by atoms with Crippen LogP contribution >= 0.6 is 0 Å². The SMILES string of the molecule is CCOc1ccc2[nH]c(=O)c(CNc3ccc(N4CCN(c5ncccn5)CC4)cc3)cc2c1. The first kappa shape index (κ1) is 21.8. The highest BCUT2D eigenvalue weighted by molar-refractivity contribution is 5.80. The van der Waals surface area contributed by atoms with Gasteiger partial charge in [-0.2, -0.15) is 0 Å². The summed E-state index contributed by atoms with van der Waals surface area (Å²) in [5.74, 6) is 1.59. The van der Waals surface area contributed by atoms with Crippen molar-refractivity contribution in [2.45, 2.75) is 13.5 Å². The van der Waals surface area contributed by atoms with Crippen LogP contribution in [0.2, 0.25) is 0 Å². The van der Waals surface area contributed by atoms with Gasteiger partial charge in [0, 0.05) is 73.0 Å². The van der Waals surface area contributed by atoms with E-state index in [1.165, 1.54) is 5.69 Å². The number of aromatic amines is 1. The largest absolute Gasteiger partial charge is 0.494 e. The zero-order valence-electron chi connectivity index (χ0n) is 19.2. The summed E-state index contributed by atoms with van der Waals surface area (Å²) in [6.45, 7) is 6.62. The number of piperazine rings is 1. The van der Waals surface area contributed by atoms with Gasteiger partial charge in [-0.25, -0.2) is 9.97 Å². The summed E-state index contributed by atoms with van der Waals surface area (Å²) in [4.78, 5) is 28.8. The van der Waals surface area contributed by atoms with E-state index in [4.69, 9.17) is 4.74 Å². The fourth-order valence-corrected chi connectivity index (χ4v) is 4.22. The van der Waals surface area contributed by atoms with E-state index in [1.807, 2.05) is 37.3 Å². The molecular formula is C26H28N6O2. The Morgan fingerprint density at radius 1 is 0.971 bits per heavy atom. The number of pyridine rings is 1. The molecule has 8 nitrogen and oxygen atoms in total. The van der Waals surface area contributed by atoms with Crippen LogP contribution in [-0.2, 0) is 6.54 Å². The maximum absolute atomic E-state index is 12.5. The van der Waals surface area contributed by atoms with Crippen molar-refractivity contribution in [1.82, 2.24) is 15.0 Å². The molecule has 0 unspecified atom stereocenters. The van der Waals surface area contributed by atoms with Crippen LogP contribution < -0.4 is 25.4 Å². The monoisotopic (exact) mass is 456 g/mol. The van der Waals surface area contributed by atoms with Gasteiger partial charge in [-0.1, -0.05) is 0 Å². The van der Waals surface area contributed by atoms with E-state index in [0.717, 1.165) is 54.5 Å². The molecular weight excluding hydrogens is 428 g/mol. The zero-order valence-corrected chi connectivity index (χ0v) is 19.2. The fourth-order valence-electron chi connectivity index (χ4n) is 4.22. The number of rotatable bonds is 7. The summed E-state index contributed by atoms with van der Waals surface area (Å²) >= 11 is 0. The molecule has 1 fully saturated rings. The van der Waals surface area contributed by atoms with E-state index in [-0.39, 0.29) is 5.56 Å². The van der Waals surface area contributed by atoms with Crippen LogP contribution in [0.5, 0.6) is 5.75 Å². The lowest BCUT2D eigenvalue weighted by molar-refractivity contribution is 0.340. The van der Waals surface area contributed by atoms with E-state index in [1.54, 1.807) is 12.4 Å². The van der Waals surface area contributed by atoms with Crippen LogP contribution in [0.25, 0.3) is 10.9 Å². The second-order valence-electron chi connectivity index (χ2n) is 8.23. The van der Waals surface area contributed by atoms with E-state index < -0.39 is 0 Å². The highest BCUT2D eigenvalue weighted by Crippen LogP contribution is 2.22. The number of anilines is 3. The van der Waals surface area contributed by atoms with Crippen molar-refractivity contribution < 1.29 is 4.74 Å². The van der Waals surface area contributed by atoms with Crippen LogP contribution in [0.3, 0.4) is 0 Å². The van der Waals surface area contributed by atoms with Crippen molar-refractivity contribution in [3.05, 3.63) is 82.9 Å². The van der Waals surface area contributed by atoms with E-state index in [2.05, 4.69) is 54.3 Å². The molecule has 0 spiro atoms. The standard InChI is InChI=1S/C26H28N6O2/c1-2-34-23-8-9-24-19(17-23)16-20(25(33)30-24)18-29-21-4-6-22(7-5-21)31-12-14-32(15-13-31)26-27-10-3-11-28-26/h3-11,16-17,29H,2,12-15,18H2,1H3,(H,30,33). The van der Waals surface area contributed by atoms with Crippen LogP contribution in [-0.4, -0.2) is 47.7 Å². The molecule has 1 aliphatic heterocycles. The first-order chi connectivity index (χ1) is 16.7. The number of aromatic nitrogens is 3. The number of fused-ring (bicyclic) bond motifs is 1. The Balaban J connectivity index is 1.21. The molecule has 0 radical (unpaired) electrons. The maximum atomic E-state index is 12.5. The molecule has 8 heteroatoms. The molecule has 2 aromatic heterocycles. The van der Waals surface area contributed by atoms with Crippen LogP contribution in [0.4, 0.5) is 17.3 Å². The quantitative estimate of drug-likeness (QED) is 0.439. The first-order valence-electron chi connectivity index (χ1n) is 11.6. The summed E-state index contributed by atoms with van der Waals surface area (Å²) < 4.78 is 5.58. The lowest BCUT2D eigenvalue weighted by atomic mass is 10.1. The van der Waals surface area contributed by atoms with Gasteiger partial charge in [0.25, 0.3) is 5.56 Å². The van der Waals surface area contributed by atoms with E-state index >= 15 is 0 Å². The number of hydrogen-bond donors (Lipinski definition) is 2. The second kappa shape index (κ2) is 9.82. The minimum Gasteiger partial charge on any atom is -0.494 e. The van der Waals surface area contributed by atoms with Gasteiger partial charge in [0.05, 0.1) is 6.61 Å². The predicted octanol–water partition coefficient (Wildman–Crippen LogP) is 3.66. The van der Waals surface area contributed by atoms with Gasteiger partial charge in [0.1, 0.15) is 5.75 Å². The molecule has 0 aliphatic carbocycles. The predicted molar refractivity (Wildman–Crippen MR) is 136 cm³/mol. The highest BCUT2D eigenvalue weighted by atomic mass is 16.5. The van der Waals surface area contributed by atoms with Gasteiger partial charge < -0.3 is 24.8 Å². The van der Waals surface area contributed by atoms with Gasteiger partial charge in [0.2, 0.25) is 5.95 Å². The lowest BCUT2D eigenvalue weighted by Crippen LogP contribution is -2.47. The minimum absolute atomic E-state index is 0.0824. The minimum atomic E-state index is -0.0824. The summed E-state index contributed by atoms with van der Waals surface area (Å²) in [5.41, 5.74) is 3.57. The third kappa shape index (κ3) is 4.80. The molecule has 2 aromatic carbocycles. The second-order valence-corrected chi connectivity index (χ2v) is 8.23. The maximum Gasteiger partial charge on any atom is 0.253 e. The highest BCUT2D eigenvalue weighted by Gasteiger charge is 2.19. The van der Waals surface area contributed by atoms with Crippen molar-refractivity contribution in [1.29, 1.82) is 0 Å². The molecule has 0 saturated carbocycles. The van der Waals surface area contributed by atoms with E-state index in [0.29, 0.717) is 18.7 Å². The number of benzene rings is 2. The van der Waals surface area contributed by atoms with Crippen molar-refractivity contribution >= 4 is 28.2 Å². The Labute approximate surface area is 198 Å². The lowest BCUT2D eigenvalue weighted by Gasteiger charge is -2.36. The molecule has 3 heterocycles. The number of ether oxygens (including phenoxy) is 1. The average molecular weight is 457 g/mol. The zero-order chi connectivity index (χ0) is 23.3. The number of H-pyrrole nitrogens is 1. The third-order valence-electron chi connectivity index (χ3n) is 6.03. The Bertz CT molecular complexity index is 1300. The fraction of sp³-hybridized carbons (Fsp3) is 0.269. The molecule has 2 N–H and O–H groups in total. The van der Waals surface area contributed by atoms with Crippen molar-refractivity contribution in [2.75, 3.05) is 47.9 Å². The Morgan fingerprint density at radius 2 is 1.71 bits per heavy atom. The number of hydrogen-bond acceptors (Lipinski definition) is 7. The smallest absolute Gasteiger partial charge is 0.253 e. The van der Waals surface area contributed by atoms with Crippen LogP contribution in [0, 0.1) is 0 Å². The normalized spacial score (nSPS) is 13.8. The van der Waals surface area contributed by atoms with Crippen molar-refractivity contribution in [3.8, 4) is 5.75 Å². The van der Waals surface area contributed by atoms with Crippen molar-refractivity contribution in [3.63, 3.8) is 0 Å². The molecule has 0 bridgehead atoms. The molecule has 4 aromatic rings. The van der Waals surface area contributed by atoms with Gasteiger partial charge in [-0.15, -0.1) is 0 Å². The van der Waals surface area contributed by atoms with Gasteiger partial charge >= 0.3 is 0 Å². The summed E-state index contributed by atoms with van der Waals surface area (Å²) in [5, 5.41) is 4.33. The molecule has 1 aliphatic rings. The molecule has 0 atom stereocenters.